The van der Waals surface area contributed by atoms with E-state index in [2.05, 4.69) is 9.98 Å². The van der Waals surface area contributed by atoms with E-state index >= 15 is 0 Å². The highest BCUT2D eigenvalue weighted by molar-refractivity contribution is 6.03. The molecule has 1 aromatic heterocycles. The fourth-order valence-electron chi connectivity index (χ4n) is 2.67. The standard InChI is InChI=1S/C19H16F3N5O2/c1-11-8-16(13(19(20,21)22)9-12(11)17(28)26-18(23)24)29-15-5-3-2-4-14(15)27-7-6-25-10-27/h2-10H,1H3,(H4,23,24,26,28). The molecule has 0 radical (unpaired) electrons. The predicted molar refractivity (Wildman–Crippen MR) is 100.0 cm³/mol. The number of carbonyl (C=O) groups is 1. The molecule has 1 heterocycles. The average molecular weight is 403 g/mol. The second-order valence-corrected chi connectivity index (χ2v) is 6.04. The Bertz CT molecular complexity index is 1070. The fourth-order valence-corrected chi connectivity index (χ4v) is 2.67. The third kappa shape index (κ3) is 4.37. The van der Waals surface area contributed by atoms with Crippen LogP contribution in [-0.4, -0.2) is 21.4 Å². The number of ether oxygens (including phenoxy) is 1. The van der Waals surface area contributed by atoms with Gasteiger partial charge in [-0.25, -0.2) is 4.98 Å². The van der Waals surface area contributed by atoms with Crippen molar-refractivity contribution < 1.29 is 22.7 Å². The molecular formula is C19H16F3N5O2. The van der Waals surface area contributed by atoms with E-state index in [1.54, 1.807) is 29.0 Å². The van der Waals surface area contributed by atoms with Crippen LogP contribution in [0, 0.1) is 6.92 Å². The van der Waals surface area contributed by atoms with E-state index in [4.69, 9.17) is 16.2 Å². The van der Waals surface area contributed by atoms with Crippen LogP contribution in [0.25, 0.3) is 5.69 Å². The van der Waals surface area contributed by atoms with Crippen LogP contribution in [-0.2, 0) is 6.18 Å². The summed E-state index contributed by atoms with van der Waals surface area (Å²) >= 11 is 0. The molecule has 0 aliphatic rings. The Morgan fingerprint density at radius 1 is 1.17 bits per heavy atom. The van der Waals surface area contributed by atoms with E-state index in [0.29, 0.717) is 11.8 Å². The molecule has 0 saturated heterocycles. The van der Waals surface area contributed by atoms with Gasteiger partial charge in [0.25, 0.3) is 5.91 Å². The van der Waals surface area contributed by atoms with Gasteiger partial charge in [0.2, 0.25) is 0 Å². The number of halogens is 3. The molecule has 0 spiro atoms. The smallest absolute Gasteiger partial charge is 0.420 e. The molecule has 3 rings (SSSR count). The number of nitrogens with zero attached hydrogens (tertiary/aromatic N) is 3. The van der Waals surface area contributed by atoms with Crippen molar-refractivity contribution in [3.8, 4) is 17.2 Å². The molecule has 7 nitrogen and oxygen atoms in total. The van der Waals surface area contributed by atoms with Crippen molar-refractivity contribution in [2.24, 2.45) is 16.5 Å². The third-order valence-corrected chi connectivity index (χ3v) is 3.96. The van der Waals surface area contributed by atoms with Crippen LogP contribution < -0.4 is 16.2 Å². The Balaban J connectivity index is 2.10. The van der Waals surface area contributed by atoms with Crippen molar-refractivity contribution in [2.75, 3.05) is 0 Å². The molecule has 0 saturated carbocycles. The van der Waals surface area contributed by atoms with Gasteiger partial charge in [0, 0.05) is 18.0 Å². The van der Waals surface area contributed by atoms with E-state index in [0.717, 1.165) is 6.07 Å². The van der Waals surface area contributed by atoms with Crippen LogP contribution in [0.4, 0.5) is 13.2 Å². The van der Waals surface area contributed by atoms with E-state index in [-0.39, 0.29) is 16.9 Å². The van der Waals surface area contributed by atoms with E-state index in [1.807, 2.05) is 0 Å². The topological polar surface area (TPSA) is 109 Å². The minimum Gasteiger partial charge on any atom is -0.455 e. The second kappa shape index (κ2) is 7.66. The molecule has 0 bridgehead atoms. The molecule has 10 heteroatoms. The summed E-state index contributed by atoms with van der Waals surface area (Å²) in [5.41, 5.74) is 9.62. The molecule has 4 N–H and O–H groups in total. The second-order valence-electron chi connectivity index (χ2n) is 6.04. The van der Waals surface area contributed by atoms with Crippen molar-refractivity contribution in [3.63, 3.8) is 0 Å². The highest BCUT2D eigenvalue weighted by atomic mass is 19.4. The molecule has 0 aliphatic heterocycles. The number of amides is 1. The first-order valence-corrected chi connectivity index (χ1v) is 8.28. The number of para-hydroxylation sites is 2. The lowest BCUT2D eigenvalue weighted by Gasteiger charge is -2.18. The van der Waals surface area contributed by atoms with Crippen molar-refractivity contribution in [1.29, 1.82) is 0 Å². The lowest BCUT2D eigenvalue weighted by molar-refractivity contribution is -0.138. The number of benzene rings is 2. The monoisotopic (exact) mass is 403 g/mol. The van der Waals surface area contributed by atoms with Gasteiger partial charge in [-0.05, 0) is 36.8 Å². The number of guanidine groups is 1. The molecular weight excluding hydrogens is 387 g/mol. The van der Waals surface area contributed by atoms with Gasteiger partial charge in [0.1, 0.15) is 5.75 Å². The van der Waals surface area contributed by atoms with Crippen LogP contribution in [0.3, 0.4) is 0 Å². The maximum atomic E-state index is 13.7. The minimum atomic E-state index is -4.78. The summed E-state index contributed by atoms with van der Waals surface area (Å²) in [5.74, 6) is -1.79. The molecule has 0 fully saturated rings. The van der Waals surface area contributed by atoms with Crippen molar-refractivity contribution >= 4 is 11.9 Å². The summed E-state index contributed by atoms with van der Waals surface area (Å²) in [5, 5.41) is 0. The zero-order valence-corrected chi connectivity index (χ0v) is 15.1. The number of hydrogen-bond donors (Lipinski definition) is 2. The fraction of sp³-hybridized carbons (Fsp3) is 0.105. The summed E-state index contributed by atoms with van der Waals surface area (Å²) in [7, 11) is 0. The Kier molecular flexibility index (Phi) is 5.26. The summed E-state index contributed by atoms with van der Waals surface area (Å²) in [6, 6.07) is 8.36. The summed E-state index contributed by atoms with van der Waals surface area (Å²) in [6.07, 6.45) is -0.115. The molecule has 1 amide bonds. The van der Waals surface area contributed by atoms with Crippen LogP contribution in [0.5, 0.6) is 11.5 Å². The van der Waals surface area contributed by atoms with Gasteiger partial charge in [-0.2, -0.15) is 18.2 Å². The number of carbonyl (C=O) groups excluding carboxylic acids is 1. The predicted octanol–water partition coefficient (Wildman–Crippen LogP) is 3.41. The first kappa shape index (κ1) is 19.9. The summed E-state index contributed by atoms with van der Waals surface area (Å²) in [4.78, 5) is 19.3. The van der Waals surface area contributed by atoms with Gasteiger partial charge in [-0.15, -0.1) is 0 Å². The van der Waals surface area contributed by atoms with Crippen molar-refractivity contribution in [3.05, 3.63) is 71.8 Å². The van der Waals surface area contributed by atoms with Gasteiger partial charge >= 0.3 is 6.18 Å². The van der Waals surface area contributed by atoms with Gasteiger partial charge in [0.15, 0.2) is 11.7 Å². The zero-order valence-electron chi connectivity index (χ0n) is 15.1. The Labute approximate surface area is 163 Å². The minimum absolute atomic E-state index is 0.179. The van der Waals surface area contributed by atoms with Gasteiger partial charge in [-0.1, -0.05) is 12.1 Å². The van der Waals surface area contributed by atoms with Crippen molar-refractivity contribution in [1.82, 2.24) is 9.55 Å². The highest BCUT2D eigenvalue weighted by Crippen LogP contribution is 2.41. The molecule has 150 valence electrons. The molecule has 29 heavy (non-hydrogen) atoms. The number of imidazole rings is 1. The maximum Gasteiger partial charge on any atom is 0.420 e. The van der Waals surface area contributed by atoms with E-state index < -0.39 is 29.4 Å². The zero-order chi connectivity index (χ0) is 21.2. The Morgan fingerprint density at radius 2 is 1.90 bits per heavy atom. The van der Waals surface area contributed by atoms with E-state index in [1.165, 1.54) is 25.5 Å². The van der Waals surface area contributed by atoms with Crippen LogP contribution in [0.15, 0.2) is 60.1 Å². The number of hydrogen-bond acceptors (Lipinski definition) is 3. The Morgan fingerprint density at radius 3 is 2.52 bits per heavy atom. The highest BCUT2D eigenvalue weighted by Gasteiger charge is 2.36. The van der Waals surface area contributed by atoms with Crippen LogP contribution in [0.1, 0.15) is 21.5 Å². The van der Waals surface area contributed by atoms with Crippen molar-refractivity contribution in [2.45, 2.75) is 13.1 Å². The average Bonchev–Trinajstić information content (AvgIpc) is 3.15. The third-order valence-electron chi connectivity index (χ3n) is 3.96. The number of aliphatic imine (C=N–C) groups is 1. The molecule has 0 unspecified atom stereocenters. The lowest BCUT2D eigenvalue weighted by Crippen LogP contribution is -2.24. The largest absolute Gasteiger partial charge is 0.455 e. The first-order chi connectivity index (χ1) is 13.7. The van der Waals surface area contributed by atoms with Gasteiger partial charge in [-0.3, -0.25) is 4.79 Å². The number of alkyl halides is 3. The molecule has 2 aromatic carbocycles. The SMILES string of the molecule is Cc1cc(Oc2ccccc2-n2ccnc2)c(C(F)(F)F)cc1C(=O)N=C(N)N. The lowest BCUT2D eigenvalue weighted by atomic mass is 10.0. The number of rotatable bonds is 4. The summed E-state index contributed by atoms with van der Waals surface area (Å²) in [6.45, 7) is 1.46. The quantitative estimate of drug-likeness (QED) is 0.513. The normalized spacial score (nSPS) is 11.2. The number of aromatic nitrogens is 2. The van der Waals surface area contributed by atoms with Gasteiger partial charge < -0.3 is 20.8 Å². The maximum absolute atomic E-state index is 13.7. The first-order valence-electron chi connectivity index (χ1n) is 8.28. The van der Waals surface area contributed by atoms with Crippen LogP contribution in [0.2, 0.25) is 0 Å². The summed E-state index contributed by atoms with van der Waals surface area (Å²) < 4.78 is 48.2. The molecule has 0 atom stereocenters. The Hall–Kier alpha value is -3.82. The molecule has 3 aromatic rings. The number of aryl methyl sites for hydroxylation is 1. The van der Waals surface area contributed by atoms with Gasteiger partial charge in [0.05, 0.1) is 17.6 Å². The molecule has 0 aliphatic carbocycles. The number of nitrogens with two attached hydrogens (primary N) is 2. The van der Waals surface area contributed by atoms with E-state index in [9.17, 15) is 18.0 Å². The van der Waals surface area contributed by atoms with Crippen LogP contribution >= 0.6 is 0 Å².